The lowest BCUT2D eigenvalue weighted by molar-refractivity contribution is 0.00212. The molecule has 0 unspecified atom stereocenters. The standard InChI is InChI=1S/C32H34N4O4/c1-36-29-11-12-33-21-28(29)27-8-6-22(16-30(27)36)23-7-9-31(35-20-23)40-26-17-25(18-26)39-24-10-13-34-32(19-24)38-15-5-3-2-4-14-37/h6-13,16,19-21,25-26,37H,2-5,14-15,17-18H2,1H3. The van der Waals surface area contributed by atoms with Gasteiger partial charge >= 0.3 is 0 Å². The van der Waals surface area contributed by atoms with Crippen LogP contribution in [-0.4, -0.2) is 50.0 Å². The van der Waals surface area contributed by atoms with E-state index in [2.05, 4.69) is 50.8 Å². The van der Waals surface area contributed by atoms with Crippen molar-refractivity contribution in [3.63, 3.8) is 0 Å². The van der Waals surface area contributed by atoms with Gasteiger partial charge in [0.05, 0.1) is 12.1 Å². The molecular formula is C32H34N4O4. The van der Waals surface area contributed by atoms with Gasteiger partial charge in [0.1, 0.15) is 18.0 Å². The number of fused-ring (bicyclic) bond motifs is 3. The molecule has 6 rings (SSSR count). The molecule has 8 nitrogen and oxygen atoms in total. The molecule has 1 saturated carbocycles. The van der Waals surface area contributed by atoms with Crippen LogP contribution in [-0.2, 0) is 7.05 Å². The fourth-order valence-corrected chi connectivity index (χ4v) is 5.21. The maximum Gasteiger partial charge on any atom is 0.216 e. The summed E-state index contributed by atoms with van der Waals surface area (Å²) < 4.78 is 20.2. The Morgan fingerprint density at radius 3 is 2.48 bits per heavy atom. The second-order valence-electron chi connectivity index (χ2n) is 10.3. The molecule has 0 radical (unpaired) electrons. The minimum atomic E-state index is 0.0839. The molecule has 4 aromatic heterocycles. The minimum absolute atomic E-state index is 0.0839. The average molecular weight is 539 g/mol. The Bertz CT molecular complexity index is 1580. The maximum atomic E-state index is 8.85. The van der Waals surface area contributed by atoms with Gasteiger partial charge in [-0.25, -0.2) is 9.97 Å². The van der Waals surface area contributed by atoms with Gasteiger partial charge < -0.3 is 23.9 Å². The number of aliphatic hydroxyl groups is 1. The Hall–Kier alpha value is -4.17. The summed E-state index contributed by atoms with van der Waals surface area (Å²) in [6.07, 6.45) is 13.0. The van der Waals surface area contributed by atoms with Crippen LogP contribution in [0, 0.1) is 0 Å². The largest absolute Gasteiger partial charge is 0.490 e. The molecule has 1 fully saturated rings. The molecule has 1 aromatic carbocycles. The lowest BCUT2D eigenvalue weighted by Crippen LogP contribution is -2.41. The summed E-state index contributed by atoms with van der Waals surface area (Å²) in [5.41, 5.74) is 4.51. The number of aryl methyl sites for hydroxylation is 1. The van der Waals surface area contributed by atoms with E-state index in [1.165, 1.54) is 16.4 Å². The monoisotopic (exact) mass is 538 g/mol. The van der Waals surface area contributed by atoms with Crippen molar-refractivity contribution in [2.45, 2.75) is 50.7 Å². The average Bonchev–Trinajstić information content (AvgIpc) is 3.25. The topological polar surface area (TPSA) is 91.5 Å². The van der Waals surface area contributed by atoms with Crippen LogP contribution < -0.4 is 14.2 Å². The number of aliphatic hydroxyl groups excluding tert-OH is 1. The highest BCUT2D eigenvalue weighted by atomic mass is 16.5. The molecule has 8 heteroatoms. The third-order valence-corrected chi connectivity index (χ3v) is 7.53. The Labute approximate surface area is 233 Å². The third kappa shape index (κ3) is 5.72. The highest BCUT2D eigenvalue weighted by molar-refractivity contribution is 6.08. The lowest BCUT2D eigenvalue weighted by atomic mass is 9.92. The van der Waals surface area contributed by atoms with Gasteiger partial charge in [0, 0.05) is 85.3 Å². The van der Waals surface area contributed by atoms with Crippen molar-refractivity contribution in [3.05, 3.63) is 73.3 Å². The molecule has 0 bridgehead atoms. The molecule has 4 heterocycles. The molecule has 0 atom stereocenters. The molecule has 40 heavy (non-hydrogen) atoms. The van der Waals surface area contributed by atoms with E-state index in [0.717, 1.165) is 60.8 Å². The third-order valence-electron chi connectivity index (χ3n) is 7.53. The number of nitrogens with zero attached hydrogens (tertiary/aromatic N) is 4. The Morgan fingerprint density at radius 1 is 0.775 bits per heavy atom. The van der Waals surface area contributed by atoms with Crippen molar-refractivity contribution in [2.75, 3.05) is 13.2 Å². The van der Waals surface area contributed by atoms with Crippen molar-refractivity contribution < 1.29 is 19.3 Å². The summed E-state index contributed by atoms with van der Waals surface area (Å²) in [4.78, 5) is 13.1. The SMILES string of the molecule is Cn1c2ccncc2c2ccc(-c3ccc(OC4CC(Oc5ccnc(OCCCCCCO)c5)C4)nc3)cc21. The number of hydrogen-bond donors (Lipinski definition) is 1. The van der Waals surface area contributed by atoms with Gasteiger partial charge in [-0.2, -0.15) is 0 Å². The van der Waals surface area contributed by atoms with Crippen LogP contribution in [0.5, 0.6) is 17.5 Å². The summed E-state index contributed by atoms with van der Waals surface area (Å²) in [5, 5.41) is 11.2. The van der Waals surface area contributed by atoms with Crippen LogP contribution in [0.4, 0.5) is 0 Å². The van der Waals surface area contributed by atoms with Crippen molar-refractivity contribution in [1.29, 1.82) is 0 Å². The van der Waals surface area contributed by atoms with Gasteiger partial charge in [-0.3, -0.25) is 4.98 Å². The van der Waals surface area contributed by atoms with Crippen molar-refractivity contribution >= 4 is 21.8 Å². The lowest BCUT2D eigenvalue weighted by Gasteiger charge is -2.35. The van der Waals surface area contributed by atoms with E-state index in [9.17, 15) is 0 Å². The maximum absolute atomic E-state index is 8.85. The zero-order valence-corrected chi connectivity index (χ0v) is 22.7. The fourth-order valence-electron chi connectivity index (χ4n) is 5.21. The Morgan fingerprint density at radius 2 is 1.62 bits per heavy atom. The van der Waals surface area contributed by atoms with E-state index in [1.54, 1.807) is 6.20 Å². The van der Waals surface area contributed by atoms with E-state index in [-0.39, 0.29) is 18.8 Å². The normalized spacial score (nSPS) is 16.6. The molecule has 1 aliphatic rings. The van der Waals surface area contributed by atoms with E-state index < -0.39 is 0 Å². The summed E-state index contributed by atoms with van der Waals surface area (Å²) >= 11 is 0. The predicted molar refractivity (Wildman–Crippen MR) is 155 cm³/mol. The van der Waals surface area contributed by atoms with Crippen LogP contribution in [0.15, 0.2) is 73.3 Å². The summed E-state index contributed by atoms with van der Waals surface area (Å²) in [6.45, 7) is 0.864. The second-order valence-corrected chi connectivity index (χ2v) is 10.3. The summed E-state index contributed by atoms with van der Waals surface area (Å²) in [7, 11) is 2.09. The molecule has 5 aromatic rings. The smallest absolute Gasteiger partial charge is 0.216 e. The number of hydrogen-bond acceptors (Lipinski definition) is 7. The molecular weight excluding hydrogens is 504 g/mol. The first kappa shape index (κ1) is 26.1. The zero-order valence-electron chi connectivity index (χ0n) is 22.7. The molecule has 0 amide bonds. The van der Waals surface area contributed by atoms with Crippen molar-refractivity contribution in [2.24, 2.45) is 7.05 Å². The molecule has 0 spiro atoms. The van der Waals surface area contributed by atoms with E-state index in [4.69, 9.17) is 19.3 Å². The highest BCUT2D eigenvalue weighted by Crippen LogP contribution is 2.33. The van der Waals surface area contributed by atoms with E-state index in [0.29, 0.717) is 18.4 Å². The number of unbranched alkanes of at least 4 members (excludes halogenated alkanes) is 3. The number of pyridine rings is 3. The summed E-state index contributed by atoms with van der Waals surface area (Å²) in [6, 6.07) is 16.2. The van der Waals surface area contributed by atoms with Gasteiger partial charge in [-0.15, -0.1) is 0 Å². The first-order chi connectivity index (χ1) is 19.7. The van der Waals surface area contributed by atoms with E-state index >= 15 is 0 Å². The molecule has 206 valence electrons. The molecule has 1 N–H and O–H groups in total. The number of ether oxygens (including phenoxy) is 3. The first-order valence-corrected chi connectivity index (χ1v) is 14.0. The van der Waals surface area contributed by atoms with Crippen LogP contribution in [0.25, 0.3) is 32.9 Å². The minimum Gasteiger partial charge on any atom is -0.490 e. The van der Waals surface area contributed by atoms with Crippen molar-refractivity contribution in [1.82, 2.24) is 19.5 Å². The van der Waals surface area contributed by atoms with Crippen LogP contribution in [0.3, 0.4) is 0 Å². The summed E-state index contributed by atoms with van der Waals surface area (Å²) in [5.74, 6) is 1.96. The van der Waals surface area contributed by atoms with Gasteiger partial charge in [-0.1, -0.05) is 18.6 Å². The molecule has 1 aliphatic carbocycles. The molecule has 0 aliphatic heterocycles. The first-order valence-electron chi connectivity index (χ1n) is 14.0. The highest BCUT2D eigenvalue weighted by Gasteiger charge is 2.33. The molecule has 0 saturated heterocycles. The quantitative estimate of drug-likeness (QED) is 0.192. The number of rotatable bonds is 12. The van der Waals surface area contributed by atoms with Gasteiger partial charge in [0.25, 0.3) is 0 Å². The fraction of sp³-hybridized carbons (Fsp3) is 0.344. The van der Waals surface area contributed by atoms with Gasteiger partial charge in [-0.05, 0) is 49.1 Å². The van der Waals surface area contributed by atoms with Crippen molar-refractivity contribution in [3.8, 4) is 28.6 Å². The Balaban J connectivity index is 0.997. The van der Waals surface area contributed by atoms with Crippen LogP contribution in [0.1, 0.15) is 38.5 Å². The second kappa shape index (κ2) is 11.9. The number of benzene rings is 1. The van der Waals surface area contributed by atoms with Gasteiger partial charge in [0.2, 0.25) is 11.8 Å². The predicted octanol–water partition coefficient (Wildman–Crippen LogP) is 6.10. The van der Waals surface area contributed by atoms with Crippen LogP contribution in [0.2, 0.25) is 0 Å². The zero-order chi connectivity index (χ0) is 27.3. The Kier molecular flexibility index (Phi) is 7.77. The van der Waals surface area contributed by atoms with Crippen LogP contribution >= 0.6 is 0 Å². The van der Waals surface area contributed by atoms with E-state index in [1.807, 2.05) is 42.9 Å². The van der Waals surface area contributed by atoms with Gasteiger partial charge in [0.15, 0.2) is 0 Å². The number of aromatic nitrogens is 4.